The summed E-state index contributed by atoms with van der Waals surface area (Å²) in [4.78, 5) is 4.30. The zero-order chi connectivity index (χ0) is 13.8. The van der Waals surface area contributed by atoms with Gasteiger partial charge in [0.25, 0.3) is 0 Å². The SMILES string of the molecule is [CH2+]C1(C)OB(c2cc3ncsc3cc2Cl)OC1(C)C. The molecule has 3 nitrogen and oxygen atoms in total. The number of benzene rings is 1. The molecule has 98 valence electrons. The Labute approximate surface area is 122 Å². The first-order valence-electron chi connectivity index (χ1n) is 6.04. The first-order valence-corrected chi connectivity index (χ1v) is 7.29. The van der Waals surface area contributed by atoms with E-state index in [2.05, 4.69) is 11.9 Å². The van der Waals surface area contributed by atoms with Crippen LogP contribution in [-0.4, -0.2) is 23.3 Å². The topological polar surface area (TPSA) is 31.4 Å². The second-order valence-corrected chi connectivity index (χ2v) is 6.80. The fourth-order valence-electron chi connectivity index (χ4n) is 2.00. The van der Waals surface area contributed by atoms with Crippen molar-refractivity contribution >= 4 is 45.7 Å². The van der Waals surface area contributed by atoms with Crippen molar-refractivity contribution in [2.45, 2.75) is 32.0 Å². The number of halogens is 1. The molecule has 2 aromatic rings. The number of fused-ring (bicyclic) bond motifs is 1. The molecule has 1 aliphatic rings. The van der Waals surface area contributed by atoms with Gasteiger partial charge in [-0.3, -0.25) is 0 Å². The van der Waals surface area contributed by atoms with Crippen LogP contribution in [0.2, 0.25) is 5.02 Å². The molecule has 1 unspecified atom stereocenters. The predicted octanol–water partition coefficient (Wildman–Crippen LogP) is 3.06. The number of aromatic nitrogens is 1. The van der Waals surface area contributed by atoms with Crippen LogP contribution >= 0.6 is 22.9 Å². The Bertz CT molecular complexity index is 625. The van der Waals surface area contributed by atoms with Gasteiger partial charge in [0.05, 0.1) is 22.7 Å². The van der Waals surface area contributed by atoms with Crippen molar-refractivity contribution in [3.05, 3.63) is 29.6 Å². The normalized spacial score (nSPS) is 26.2. The van der Waals surface area contributed by atoms with Gasteiger partial charge in [-0.15, -0.1) is 11.3 Å². The minimum absolute atomic E-state index is 0.474. The molecule has 1 fully saturated rings. The van der Waals surface area contributed by atoms with Crippen LogP contribution in [0.15, 0.2) is 17.6 Å². The molecule has 2 heterocycles. The number of hydrogen-bond acceptors (Lipinski definition) is 4. The van der Waals surface area contributed by atoms with Crippen molar-refractivity contribution in [2.75, 3.05) is 0 Å². The lowest BCUT2D eigenvalue weighted by molar-refractivity contribution is 0.0262. The Balaban J connectivity index is 2.04. The lowest BCUT2D eigenvalue weighted by Crippen LogP contribution is -2.42. The van der Waals surface area contributed by atoms with E-state index < -0.39 is 18.3 Å². The molecule has 1 aromatic carbocycles. The van der Waals surface area contributed by atoms with E-state index in [1.165, 1.54) is 0 Å². The van der Waals surface area contributed by atoms with Gasteiger partial charge < -0.3 is 9.31 Å². The number of thiazole rings is 1. The summed E-state index contributed by atoms with van der Waals surface area (Å²) >= 11 is 7.89. The third-order valence-corrected chi connectivity index (χ3v) is 4.87. The molecule has 6 heteroatoms. The maximum atomic E-state index is 6.32. The van der Waals surface area contributed by atoms with Crippen LogP contribution in [0.5, 0.6) is 0 Å². The standard InChI is InChI=1S/C13H14BClNO2S/c1-12(2)13(3,4)18-14(17-12)8-5-10-11(6-9(8)15)19-7-16-10/h5-7H,1H2,2-4H3/q+1. The van der Waals surface area contributed by atoms with E-state index in [0.29, 0.717) is 5.02 Å². The van der Waals surface area contributed by atoms with Crippen molar-refractivity contribution in [3.63, 3.8) is 0 Å². The zero-order valence-electron chi connectivity index (χ0n) is 11.1. The molecule has 1 atom stereocenters. The van der Waals surface area contributed by atoms with Crippen molar-refractivity contribution in [1.29, 1.82) is 0 Å². The van der Waals surface area contributed by atoms with Gasteiger partial charge in [0.2, 0.25) is 5.60 Å². The second-order valence-electron chi connectivity index (χ2n) is 5.50. The molecule has 0 N–H and O–H groups in total. The van der Waals surface area contributed by atoms with E-state index in [-0.39, 0.29) is 0 Å². The molecule has 1 aliphatic heterocycles. The number of rotatable bonds is 1. The number of hydrogen-bond donors (Lipinski definition) is 0. The molecular weight excluding hydrogens is 280 g/mol. The van der Waals surface area contributed by atoms with Crippen LogP contribution < -0.4 is 5.46 Å². The summed E-state index contributed by atoms with van der Waals surface area (Å²) in [6, 6.07) is 3.83. The minimum atomic E-state index is -0.613. The molecule has 3 rings (SSSR count). The van der Waals surface area contributed by atoms with Gasteiger partial charge in [0.1, 0.15) is 5.60 Å². The van der Waals surface area contributed by atoms with E-state index in [1.807, 2.05) is 32.9 Å². The van der Waals surface area contributed by atoms with Crippen molar-refractivity contribution in [1.82, 2.24) is 4.98 Å². The summed E-state index contributed by atoms with van der Waals surface area (Å²) < 4.78 is 12.9. The Morgan fingerprint density at radius 2 is 2.05 bits per heavy atom. The highest BCUT2D eigenvalue weighted by Crippen LogP contribution is 2.37. The largest absolute Gasteiger partial charge is 0.499 e. The Morgan fingerprint density at radius 3 is 2.68 bits per heavy atom. The average Bonchev–Trinajstić information content (AvgIpc) is 2.80. The molecule has 0 saturated carbocycles. The van der Waals surface area contributed by atoms with Crippen molar-refractivity contribution in [3.8, 4) is 0 Å². The summed E-state index contributed by atoms with van der Waals surface area (Å²) in [5.74, 6) is 0. The monoisotopic (exact) mass is 294 g/mol. The summed E-state index contributed by atoms with van der Waals surface area (Å²) in [5.41, 5.74) is 2.43. The van der Waals surface area contributed by atoms with E-state index in [0.717, 1.165) is 15.7 Å². The van der Waals surface area contributed by atoms with Crippen LogP contribution in [0.1, 0.15) is 20.8 Å². The molecule has 0 amide bonds. The van der Waals surface area contributed by atoms with E-state index in [1.54, 1.807) is 16.8 Å². The second kappa shape index (κ2) is 4.12. The highest BCUT2D eigenvalue weighted by molar-refractivity contribution is 7.16. The van der Waals surface area contributed by atoms with Gasteiger partial charge >= 0.3 is 7.12 Å². The van der Waals surface area contributed by atoms with E-state index in [9.17, 15) is 0 Å². The van der Waals surface area contributed by atoms with Gasteiger partial charge in [-0.2, -0.15) is 0 Å². The van der Waals surface area contributed by atoms with Crippen LogP contribution in [0, 0.1) is 6.92 Å². The Hall–Kier alpha value is -0.745. The van der Waals surface area contributed by atoms with Gasteiger partial charge in [-0.25, -0.2) is 4.98 Å². The highest BCUT2D eigenvalue weighted by Gasteiger charge is 2.57. The molecular formula is C13H14BClNO2S+. The highest BCUT2D eigenvalue weighted by atomic mass is 35.5. The molecule has 19 heavy (non-hydrogen) atoms. The fraction of sp³-hybridized carbons (Fsp3) is 0.385. The van der Waals surface area contributed by atoms with Gasteiger partial charge in [0.15, 0.2) is 0 Å². The first-order chi connectivity index (χ1) is 8.80. The molecule has 0 spiro atoms. The van der Waals surface area contributed by atoms with Crippen molar-refractivity contribution < 1.29 is 9.31 Å². The zero-order valence-corrected chi connectivity index (χ0v) is 12.6. The van der Waals surface area contributed by atoms with Gasteiger partial charge in [-0.05, 0) is 26.0 Å². The van der Waals surface area contributed by atoms with Crippen LogP contribution in [0.3, 0.4) is 0 Å². The fourth-order valence-corrected chi connectivity index (χ4v) is 3.01. The summed E-state index contributed by atoms with van der Waals surface area (Å²) in [6.45, 7) is 9.93. The summed E-state index contributed by atoms with van der Waals surface area (Å²) in [6.07, 6.45) is 0. The summed E-state index contributed by atoms with van der Waals surface area (Å²) in [5, 5.41) is 0.634. The van der Waals surface area contributed by atoms with Crippen LogP contribution in [-0.2, 0) is 9.31 Å². The van der Waals surface area contributed by atoms with E-state index in [4.69, 9.17) is 20.9 Å². The summed E-state index contributed by atoms with van der Waals surface area (Å²) in [7, 11) is -0.504. The van der Waals surface area contributed by atoms with Gasteiger partial charge in [0, 0.05) is 17.4 Å². The molecule has 0 radical (unpaired) electrons. The molecule has 1 saturated heterocycles. The molecule has 0 bridgehead atoms. The van der Waals surface area contributed by atoms with Gasteiger partial charge in [-0.1, -0.05) is 11.6 Å². The average molecular weight is 295 g/mol. The van der Waals surface area contributed by atoms with Crippen LogP contribution in [0.25, 0.3) is 10.2 Å². The van der Waals surface area contributed by atoms with Crippen LogP contribution in [0.4, 0.5) is 0 Å². The Morgan fingerprint density at radius 1 is 1.32 bits per heavy atom. The third kappa shape index (κ3) is 2.05. The van der Waals surface area contributed by atoms with E-state index >= 15 is 0 Å². The number of nitrogens with zero attached hydrogens (tertiary/aromatic N) is 1. The maximum Gasteiger partial charge on any atom is 0.499 e. The lowest BCUT2D eigenvalue weighted by Gasteiger charge is -2.25. The predicted molar refractivity (Wildman–Crippen MR) is 80.0 cm³/mol. The lowest BCUT2D eigenvalue weighted by atomic mass is 9.79. The maximum absolute atomic E-state index is 6.32. The molecule has 1 aromatic heterocycles. The molecule has 0 aliphatic carbocycles. The third-order valence-electron chi connectivity index (χ3n) is 3.75. The van der Waals surface area contributed by atoms with Crippen molar-refractivity contribution in [2.24, 2.45) is 0 Å². The Kier molecular flexibility index (Phi) is 2.87. The quantitative estimate of drug-likeness (QED) is 0.598. The minimum Gasteiger partial charge on any atom is -0.395 e. The first kappa shape index (κ1) is 13.2. The smallest absolute Gasteiger partial charge is 0.395 e.